The van der Waals surface area contributed by atoms with Crippen molar-refractivity contribution in [1.82, 2.24) is 0 Å². The molecule has 0 aromatic heterocycles. The molecule has 2 rings (SSSR count). The highest BCUT2D eigenvalue weighted by molar-refractivity contribution is 6.80. The highest BCUT2D eigenvalue weighted by Crippen LogP contribution is 2.41. The van der Waals surface area contributed by atoms with Gasteiger partial charge in [-0.3, -0.25) is 0 Å². The second kappa shape index (κ2) is 18.9. The third-order valence-corrected chi connectivity index (χ3v) is 9.17. The van der Waals surface area contributed by atoms with Crippen LogP contribution in [0.25, 0.3) is 0 Å². The smallest absolute Gasteiger partial charge is 0.226 e. The Labute approximate surface area is 250 Å². The molecule has 236 valence electrons. The monoisotopic (exact) mass is 581 g/mol. The van der Waals surface area contributed by atoms with Crippen molar-refractivity contribution in [3.63, 3.8) is 0 Å². The zero-order valence-electron chi connectivity index (χ0n) is 27.7. The largest absolute Gasteiger partial charge is 0.245 e. The molecule has 4 unspecified atom stereocenters. The first-order valence-corrected chi connectivity index (χ1v) is 16.6. The zero-order valence-corrected chi connectivity index (χ0v) is 27.7. The van der Waals surface area contributed by atoms with Crippen LogP contribution in [0.4, 0.5) is 23.2 Å². The Morgan fingerprint density at radius 2 is 0.902 bits per heavy atom. The van der Waals surface area contributed by atoms with Gasteiger partial charge in [0.2, 0.25) is 17.3 Å². The minimum absolute atomic E-state index is 0.192. The molecule has 1 aliphatic rings. The van der Waals surface area contributed by atoms with Gasteiger partial charge >= 0.3 is 0 Å². The summed E-state index contributed by atoms with van der Waals surface area (Å²) in [5.74, 6) is -2.01. The van der Waals surface area contributed by atoms with Crippen LogP contribution in [0.3, 0.4) is 0 Å². The molecule has 1 N–H and O–H groups in total. The lowest BCUT2D eigenvalue weighted by Crippen LogP contribution is -2.97. The third kappa shape index (κ3) is 11.9. The summed E-state index contributed by atoms with van der Waals surface area (Å²) in [4.78, 5) is 0.192. The van der Waals surface area contributed by atoms with Crippen LogP contribution >= 0.6 is 0 Å². The lowest BCUT2D eigenvalue weighted by molar-refractivity contribution is -0.713. The van der Waals surface area contributed by atoms with E-state index >= 15 is 0 Å². The number of halogens is 4. The molecule has 1 heterocycles. The number of nitrogens with one attached hydrogen (secondary N) is 1. The standard InChI is InChI=1S/C24H52B.C11H7F4N/c1-9-13-21(5)17-25(18-22(6)14-10-2,19-23(7)15-11-3)20-24(8)16-12-4;1-6-7(12)9(14)10(15)11(8(6)13)16-4-2-3-5-16/h21-24H,9-20H2,1-8H3;2-5H,1H3/q-1;/p+1. The zero-order chi connectivity index (χ0) is 31.2. The maximum Gasteiger partial charge on any atom is 0.226 e. The summed E-state index contributed by atoms with van der Waals surface area (Å²) in [6, 6.07) is 0. The fourth-order valence-corrected chi connectivity index (χ4v) is 7.98. The van der Waals surface area contributed by atoms with Crippen LogP contribution in [0.1, 0.15) is 112 Å². The molecule has 6 heteroatoms. The van der Waals surface area contributed by atoms with Crippen LogP contribution < -0.4 is 4.90 Å². The number of rotatable bonds is 17. The Morgan fingerprint density at radius 3 is 1.22 bits per heavy atom. The predicted molar refractivity (Wildman–Crippen MR) is 171 cm³/mol. The lowest BCUT2D eigenvalue weighted by atomic mass is 9.14. The summed E-state index contributed by atoms with van der Waals surface area (Å²) >= 11 is 0. The SMILES string of the molecule is CCCC(C)C[B-](CC(C)CCC)(CC(C)CCC)CC(C)CCC.Cc1c(F)c(F)c(F)c([NH+]2C=CC=C2)c1F. The number of hydrogen-bond donors (Lipinski definition) is 1. The quantitative estimate of drug-likeness (QED) is 0.0808. The number of hydrogen-bond acceptors (Lipinski definition) is 0. The van der Waals surface area contributed by atoms with E-state index in [2.05, 4.69) is 55.4 Å². The van der Waals surface area contributed by atoms with Crippen LogP contribution in [0.15, 0.2) is 24.6 Å². The van der Waals surface area contributed by atoms with Crippen molar-refractivity contribution in [1.29, 1.82) is 0 Å². The molecule has 41 heavy (non-hydrogen) atoms. The molecule has 0 aliphatic carbocycles. The first-order valence-electron chi connectivity index (χ1n) is 16.6. The van der Waals surface area contributed by atoms with Crippen LogP contribution in [0.5, 0.6) is 0 Å². The molecule has 1 aromatic rings. The van der Waals surface area contributed by atoms with Crippen molar-refractivity contribution in [2.45, 2.75) is 139 Å². The van der Waals surface area contributed by atoms with Gasteiger partial charge in [0.15, 0.2) is 11.6 Å². The summed E-state index contributed by atoms with van der Waals surface area (Å²) < 4.78 is 53.2. The summed E-state index contributed by atoms with van der Waals surface area (Å²) in [7, 11) is 0. The Hall–Kier alpha value is -1.56. The average molecular weight is 582 g/mol. The van der Waals surface area contributed by atoms with E-state index in [1.165, 1.54) is 89.0 Å². The van der Waals surface area contributed by atoms with Crippen molar-refractivity contribution in [3.05, 3.63) is 53.4 Å². The summed E-state index contributed by atoms with van der Waals surface area (Å²) in [6.45, 7) is 20.7. The van der Waals surface area contributed by atoms with E-state index in [0.29, 0.717) is 0 Å². The topological polar surface area (TPSA) is 4.44 Å². The molecule has 0 saturated heterocycles. The molecular weight excluding hydrogens is 521 g/mol. The lowest BCUT2D eigenvalue weighted by Gasteiger charge is -2.47. The Balaban J connectivity index is 0.000000447. The molecule has 0 radical (unpaired) electrons. The average Bonchev–Trinajstić information content (AvgIpc) is 3.41. The molecule has 0 saturated carbocycles. The van der Waals surface area contributed by atoms with E-state index in [9.17, 15) is 17.6 Å². The van der Waals surface area contributed by atoms with Gasteiger partial charge in [0.1, 0.15) is 12.4 Å². The van der Waals surface area contributed by atoms with Gasteiger partial charge in [0.05, 0.1) is 0 Å². The van der Waals surface area contributed by atoms with Crippen molar-refractivity contribution < 1.29 is 22.5 Å². The number of allylic oxidation sites excluding steroid dienone is 2. The van der Waals surface area contributed by atoms with Crippen molar-refractivity contribution in [3.8, 4) is 0 Å². The van der Waals surface area contributed by atoms with E-state index in [0.717, 1.165) is 30.6 Å². The fraction of sp³-hybridized carbons (Fsp3) is 0.714. The molecule has 1 nitrogen and oxygen atoms in total. The summed E-state index contributed by atoms with van der Waals surface area (Å²) in [5.41, 5.74) is -1.04. The minimum atomic E-state index is -1.64. The highest BCUT2D eigenvalue weighted by Gasteiger charge is 2.31. The van der Waals surface area contributed by atoms with E-state index in [-0.39, 0.29) is 11.0 Å². The fourth-order valence-electron chi connectivity index (χ4n) is 7.98. The highest BCUT2D eigenvalue weighted by atomic mass is 19.2. The van der Waals surface area contributed by atoms with Crippen LogP contribution in [0.2, 0.25) is 25.3 Å². The maximum absolute atomic E-state index is 13.6. The minimum Gasteiger partial charge on any atom is -0.245 e. The van der Waals surface area contributed by atoms with Gasteiger partial charge in [-0.25, -0.2) is 13.7 Å². The Kier molecular flexibility index (Phi) is 17.2. The molecule has 4 atom stereocenters. The molecule has 0 fully saturated rings. The van der Waals surface area contributed by atoms with E-state index in [1.54, 1.807) is 12.2 Å². The Bertz CT molecular complexity index is 857. The van der Waals surface area contributed by atoms with E-state index in [4.69, 9.17) is 0 Å². The van der Waals surface area contributed by atoms with Gasteiger partial charge in [-0.2, -0.15) is 34.1 Å². The number of quaternary nitrogens is 1. The second-order valence-electron chi connectivity index (χ2n) is 13.7. The third-order valence-electron chi connectivity index (χ3n) is 9.17. The molecule has 0 amide bonds. The summed E-state index contributed by atoms with van der Waals surface area (Å²) in [5, 5.41) is 0. The number of benzene rings is 1. The van der Waals surface area contributed by atoms with Crippen molar-refractivity contribution >= 4 is 11.8 Å². The van der Waals surface area contributed by atoms with Crippen LogP contribution in [-0.4, -0.2) is 6.15 Å². The van der Waals surface area contributed by atoms with Gasteiger partial charge in [0, 0.05) is 11.7 Å². The van der Waals surface area contributed by atoms with E-state index < -0.39 is 34.5 Å². The predicted octanol–water partition coefficient (Wildman–Crippen LogP) is 11.3. The first-order chi connectivity index (χ1) is 19.4. The molecule has 1 aliphatic heterocycles. The van der Waals surface area contributed by atoms with Gasteiger partial charge in [-0.05, 0) is 19.1 Å². The van der Waals surface area contributed by atoms with Crippen molar-refractivity contribution in [2.24, 2.45) is 23.7 Å². The molecule has 0 spiro atoms. The Morgan fingerprint density at radius 1 is 0.561 bits per heavy atom. The molecule has 1 aromatic carbocycles. The maximum atomic E-state index is 13.6. The van der Waals surface area contributed by atoms with Gasteiger partial charge < -0.3 is 0 Å². The molecular formula is C35H60BF4N. The van der Waals surface area contributed by atoms with Gasteiger partial charge in [-0.15, -0.1) is 0 Å². The van der Waals surface area contributed by atoms with Crippen LogP contribution in [0, 0.1) is 53.9 Å². The van der Waals surface area contributed by atoms with Gasteiger partial charge in [0.25, 0.3) is 0 Å². The normalized spacial score (nSPS) is 17.6. The summed E-state index contributed by atoms with van der Waals surface area (Å²) in [6.07, 6.45) is 23.0. The van der Waals surface area contributed by atoms with E-state index in [1.807, 2.05) is 0 Å². The van der Waals surface area contributed by atoms with Crippen molar-refractivity contribution in [2.75, 3.05) is 0 Å². The van der Waals surface area contributed by atoms with Gasteiger partial charge in [-0.1, -0.05) is 130 Å². The molecule has 0 bridgehead atoms. The second-order valence-corrected chi connectivity index (χ2v) is 13.7. The first kappa shape index (κ1) is 37.5. The van der Waals surface area contributed by atoms with Crippen LogP contribution in [-0.2, 0) is 0 Å².